The maximum Gasteiger partial charge on any atom is 0.358 e. The molecule has 0 atom stereocenters. The van der Waals surface area contributed by atoms with Crippen LogP contribution >= 0.6 is 34.8 Å². The summed E-state index contributed by atoms with van der Waals surface area (Å²) in [5.74, 6) is 1.16. The fourth-order valence-corrected chi connectivity index (χ4v) is 6.61. The molecule has 2 aliphatic carbocycles. The first kappa shape index (κ1) is 29.1. The maximum absolute atomic E-state index is 12.1. The van der Waals surface area contributed by atoms with Crippen molar-refractivity contribution in [1.82, 2.24) is 14.9 Å². The van der Waals surface area contributed by atoms with Crippen molar-refractivity contribution in [3.05, 3.63) is 85.8 Å². The second-order valence-electron chi connectivity index (χ2n) is 11.3. The Bertz CT molecular complexity index is 1630. The van der Waals surface area contributed by atoms with Crippen LogP contribution in [0, 0.1) is 0 Å². The van der Waals surface area contributed by atoms with E-state index in [-0.39, 0.29) is 24.3 Å². The minimum atomic E-state index is -1.11. The summed E-state index contributed by atoms with van der Waals surface area (Å²) in [4.78, 5) is 12.1. The number of ether oxygens (including phenoxy) is 2. The number of methoxy groups -OCH3 is 1. The van der Waals surface area contributed by atoms with E-state index in [4.69, 9.17) is 48.8 Å². The number of rotatable bonds is 9. The Morgan fingerprint density at radius 1 is 1.10 bits per heavy atom. The van der Waals surface area contributed by atoms with Crippen molar-refractivity contribution in [2.45, 2.75) is 69.6 Å². The second-order valence-corrected chi connectivity index (χ2v) is 12.5. The van der Waals surface area contributed by atoms with Crippen LogP contribution in [0.1, 0.15) is 90.5 Å². The predicted octanol–water partition coefficient (Wildman–Crippen LogP) is 8.09. The molecule has 2 fully saturated rings. The summed E-state index contributed by atoms with van der Waals surface area (Å²) in [6.45, 7) is 4.18. The third-order valence-corrected chi connectivity index (χ3v) is 8.97. The number of hydrogen-bond acceptors (Lipinski definition) is 7. The molecule has 8 nitrogen and oxygen atoms in total. The Morgan fingerprint density at radius 3 is 2.43 bits per heavy atom. The predicted molar refractivity (Wildman–Crippen MR) is 160 cm³/mol. The van der Waals surface area contributed by atoms with Crippen LogP contribution in [-0.4, -0.2) is 33.1 Å². The number of carbonyl (C=O) groups excluding carboxylic acids is 1. The molecule has 2 aromatic carbocycles. The van der Waals surface area contributed by atoms with Crippen molar-refractivity contribution in [1.29, 1.82) is 0 Å². The summed E-state index contributed by atoms with van der Waals surface area (Å²) in [5, 5.41) is 21.6. The van der Waals surface area contributed by atoms with Crippen LogP contribution in [0.25, 0.3) is 11.3 Å². The molecule has 1 N–H and O–H groups in total. The molecule has 220 valence electrons. The van der Waals surface area contributed by atoms with E-state index in [1.165, 1.54) is 7.11 Å². The van der Waals surface area contributed by atoms with E-state index in [2.05, 4.69) is 10.3 Å². The molecule has 2 aliphatic rings. The first-order valence-corrected chi connectivity index (χ1v) is 15.0. The van der Waals surface area contributed by atoms with Gasteiger partial charge in [0, 0.05) is 34.7 Å². The molecule has 6 rings (SSSR count). The average molecular weight is 631 g/mol. The van der Waals surface area contributed by atoms with Gasteiger partial charge in [-0.15, -0.1) is 0 Å². The zero-order chi connectivity index (χ0) is 29.8. The number of hydrogen-bond donors (Lipinski definition) is 1. The van der Waals surface area contributed by atoms with Gasteiger partial charge in [0.05, 0.1) is 33.3 Å². The normalized spacial score (nSPS) is 20.0. The number of aromatic nitrogens is 3. The minimum absolute atomic E-state index is 0.0137. The van der Waals surface area contributed by atoms with Crippen LogP contribution in [0.5, 0.6) is 5.75 Å². The third-order valence-electron chi connectivity index (χ3n) is 8.03. The van der Waals surface area contributed by atoms with Crippen LogP contribution in [0.3, 0.4) is 0 Å². The van der Waals surface area contributed by atoms with E-state index in [0.717, 1.165) is 29.9 Å². The summed E-state index contributed by atoms with van der Waals surface area (Å²) in [6, 6.07) is 12.4. The smallest absolute Gasteiger partial charge is 0.358 e. The van der Waals surface area contributed by atoms with Crippen LogP contribution in [0.4, 0.5) is 0 Å². The molecule has 0 spiro atoms. The lowest BCUT2D eigenvalue weighted by molar-refractivity contribution is -0.0569. The lowest BCUT2D eigenvalue weighted by Crippen LogP contribution is -2.41. The van der Waals surface area contributed by atoms with Gasteiger partial charge in [0.15, 0.2) is 5.69 Å². The van der Waals surface area contributed by atoms with Crippen molar-refractivity contribution < 1.29 is 23.9 Å². The second kappa shape index (κ2) is 11.2. The number of esters is 1. The molecule has 2 saturated carbocycles. The van der Waals surface area contributed by atoms with Gasteiger partial charge >= 0.3 is 5.97 Å². The number of nitrogens with zero attached hydrogens (tertiary/aromatic N) is 3. The Hall–Kier alpha value is -3.04. The average Bonchev–Trinajstić information content (AvgIpc) is 3.54. The third kappa shape index (κ3) is 5.30. The highest BCUT2D eigenvalue weighted by Gasteiger charge is 2.47. The Balaban J connectivity index is 1.19. The van der Waals surface area contributed by atoms with Gasteiger partial charge in [-0.1, -0.05) is 52.1 Å². The molecule has 0 radical (unpaired) electrons. The molecule has 11 heteroatoms. The lowest BCUT2D eigenvalue weighted by Gasteiger charge is -2.44. The van der Waals surface area contributed by atoms with E-state index in [9.17, 15) is 9.90 Å². The van der Waals surface area contributed by atoms with Gasteiger partial charge in [-0.3, -0.25) is 4.68 Å². The molecule has 4 aromatic rings. The van der Waals surface area contributed by atoms with Crippen molar-refractivity contribution in [2.75, 3.05) is 7.11 Å². The number of halogens is 3. The summed E-state index contributed by atoms with van der Waals surface area (Å²) >= 11 is 19.7. The van der Waals surface area contributed by atoms with Crippen molar-refractivity contribution in [3.8, 4) is 17.0 Å². The van der Waals surface area contributed by atoms with Crippen LogP contribution < -0.4 is 4.74 Å². The van der Waals surface area contributed by atoms with Gasteiger partial charge in [0.1, 0.15) is 23.8 Å². The quantitative estimate of drug-likeness (QED) is 0.187. The van der Waals surface area contributed by atoms with Crippen LogP contribution in [0.15, 0.2) is 47.0 Å². The van der Waals surface area contributed by atoms with Gasteiger partial charge in [0.25, 0.3) is 0 Å². The maximum atomic E-state index is 12.1. The van der Waals surface area contributed by atoms with Crippen LogP contribution in [-0.2, 0) is 16.9 Å². The molecule has 2 heterocycles. The summed E-state index contributed by atoms with van der Waals surface area (Å²) < 4.78 is 18.6. The molecular weight excluding hydrogens is 601 g/mol. The number of carbonyl (C=O) groups is 1. The van der Waals surface area contributed by atoms with Crippen molar-refractivity contribution in [2.24, 2.45) is 0 Å². The Morgan fingerprint density at radius 2 is 1.81 bits per heavy atom. The first-order chi connectivity index (χ1) is 20.1. The van der Waals surface area contributed by atoms with Gasteiger partial charge in [0.2, 0.25) is 0 Å². The fraction of sp³-hybridized carbons (Fsp3) is 0.387. The zero-order valence-electron chi connectivity index (χ0n) is 23.4. The Labute approximate surface area is 258 Å². The monoisotopic (exact) mass is 629 g/mol. The summed E-state index contributed by atoms with van der Waals surface area (Å²) in [7, 11) is 1.33. The van der Waals surface area contributed by atoms with Gasteiger partial charge in [-0.05, 0) is 69.9 Å². The van der Waals surface area contributed by atoms with E-state index in [1.807, 2.05) is 18.5 Å². The molecule has 0 saturated heterocycles. The number of aliphatic hydroxyl groups is 1. The van der Waals surface area contributed by atoms with Gasteiger partial charge in [-0.25, -0.2) is 4.79 Å². The molecule has 42 heavy (non-hydrogen) atoms. The minimum Gasteiger partial charge on any atom is -0.489 e. The summed E-state index contributed by atoms with van der Waals surface area (Å²) in [6.07, 6.45) is 2.94. The topological polar surface area (TPSA) is 99.6 Å². The molecule has 0 bridgehead atoms. The highest BCUT2D eigenvalue weighted by atomic mass is 35.5. The SMILES string of the molecule is COC(=O)c1cc([C@H]2C[C@](O)(c3ccc(OCc4c(-c5c(Cl)cccc5Cl)noc4C4CC4)cc3Cl)C2)n(C(C)C)n1. The molecule has 0 amide bonds. The largest absolute Gasteiger partial charge is 0.489 e. The molecule has 0 aliphatic heterocycles. The van der Waals surface area contributed by atoms with Crippen LogP contribution in [0.2, 0.25) is 15.1 Å². The first-order valence-electron chi connectivity index (χ1n) is 13.9. The Kier molecular flexibility index (Phi) is 7.77. The standard InChI is InChI=1S/C31H30Cl3N3O5/c1-16(2)37-26(12-25(35-37)30(38)40-3)18-13-31(39,14-18)21-10-9-19(11-24(21)34)41-15-20-28(36-42-29(20)17-7-8-17)27-22(32)5-4-6-23(27)33/h4-6,9-12,16-18,39H,7-8,13-15H2,1-3H3/t18-,31+. The fourth-order valence-electron chi connectivity index (χ4n) is 5.68. The van der Waals surface area contributed by atoms with Gasteiger partial charge in [-0.2, -0.15) is 5.10 Å². The highest BCUT2D eigenvalue weighted by Crippen LogP contribution is 2.53. The van der Waals surface area contributed by atoms with E-state index >= 15 is 0 Å². The van der Waals surface area contributed by atoms with Gasteiger partial charge < -0.3 is 19.1 Å². The lowest BCUT2D eigenvalue weighted by atomic mass is 9.66. The van der Waals surface area contributed by atoms with E-state index < -0.39 is 11.6 Å². The van der Waals surface area contributed by atoms with E-state index in [0.29, 0.717) is 56.4 Å². The van der Waals surface area contributed by atoms with Crippen molar-refractivity contribution in [3.63, 3.8) is 0 Å². The molecular formula is C31H30Cl3N3O5. The zero-order valence-corrected chi connectivity index (χ0v) is 25.6. The number of benzene rings is 2. The van der Waals surface area contributed by atoms with E-state index in [1.54, 1.807) is 42.5 Å². The summed E-state index contributed by atoms with van der Waals surface area (Å²) in [5.41, 5.74) is 2.66. The molecule has 2 aromatic heterocycles. The highest BCUT2D eigenvalue weighted by molar-refractivity contribution is 6.39. The molecule has 0 unspecified atom stereocenters. The van der Waals surface area contributed by atoms with Crippen molar-refractivity contribution >= 4 is 40.8 Å².